The van der Waals surface area contributed by atoms with Gasteiger partial charge < -0.3 is 19.6 Å². The molecule has 0 saturated heterocycles. The van der Waals surface area contributed by atoms with Crippen molar-refractivity contribution in [3.63, 3.8) is 0 Å². The third kappa shape index (κ3) is 10.2. The van der Waals surface area contributed by atoms with E-state index in [1.807, 2.05) is 0 Å². The maximum absolute atomic E-state index is 5.70. The van der Waals surface area contributed by atoms with E-state index in [2.05, 4.69) is 359 Å². The highest BCUT2D eigenvalue weighted by Crippen LogP contribution is 2.44. The molecule has 0 amide bonds. The second kappa shape index (κ2) is 23.0. The largest absolute Gasteiger partial charge is 0.311 e. The second-order valence-corrected chi connectivity index (χ2v) is 20.6. The summed E-state index contributed by atoms with van der Waals surface area (Å²) in [6.07, 6.45) is 0. The van der Waals surface area contributed by atoms with Crippen LogP contribution in [0.5, 0.6) is 0 Å². The summed E-state index contributed by atoms with van der Waals surface area (Å²) in [5.74, 6) is 0. The molecule has 6 nitrogen and oxygen atoms in total. The lowest BCUT2D eigenvalue weighted by Crippen LogP contribution is -2.12. The molecule has 13 aromatic carbocycles. The molecule has 1 aromatic heterocycles. The van der Waals surface area contributed by atoms with Gasteiger partial charge in [0, 0.05) is 84.9 Å². The Morgan fingerprint density at radius 2 is 0.452 bits per heavy atom. The second-order valence-electron chi connectivity index (χ2n) is 20.6. The highest BCUT2D eigenvalue weighted by atomic mass is 15.2. The smallest absolute Gasteiger partial charge is 0.0973 e. The van der Waals surface area contributed by atoms with Crippen molar-refractivity contribution in [1.82, 2.24) is 9.97 Å². The third-order valence-corrected chi connectivity index (χ3v) is 15.4. The summed E-state index contributed by atoms with van der Waals surface area (Å²) in [5, 5.41) is 2.35. The van der Waals surface area contributed by atoms with E-state index < -0.39 is 0 Å². The van der Waals surface area contributed by atoms with Gasteiger partial charge in [0.15, 0.2) is 0 Å². The van der Waals surface area contributed by atoms with Crippen LogP contribution in [-0.4, -0.2) is 9.97 Å². The Kier molecular flexibility index (Phi) is 13.9. The predicted octanol–water partition coefficient (Wildman–Crippen LogP) is 21.7. The molecule has 0 atom stereocenters. The van der Waals surface area contributed by atoms with Crippen molar-refractivity contribution in [3.05, 3.63) is 340 Å². The Morgan fingerprint density at radius 3 is 0.810 bits per heavy atom. The molecule has 0 aliphatic rings. The minimum absolute atomic E-state index is 0.795. The highest BCUT2D eigenvalue weighted by Gasteiger charge is 2.22. The Bertz CT molecular complexity index is 4410. The van der Waals surface area contributed by atoms with Crippen LogP contribution in [0.1, 0.15) is 0 Å². The van der Waals surface area contributed by atoms with Crippen molar-refractivity contribution in [2.45, 2.75) is 0 Å². The number of nitrogens with zero attached hydrogens (tertiary/aromatic N) is 6. The quantitative estimate of drug-likeness (QED) is 0.102. The fraction of sp³-hybridized carbons (Fsp3) is 0. The number of anilines is 12. The van der Waals surface area contributed by atoms with Gasteiger partial charge in [-0.15, -0.1) is 0 Å². The van der Waals surface area contributed by atoms with E-state index in [1.165, 1.54) is 10.8 Å². The van der Waals surface area contributed by atoms with Crippen LogP contribution in [0, 0.1) is 0 Å². The average Bonchev–Trinajstić information content (AvgIpc) is 1.87. The zero-order valence-corrected chi connectivity index (χ0v) is 46.0. The molecule has 0 aliphatic heterocycles. The number of rotatable bonds is 15. The van der Waals surface area contributed by atoms with Gasteiger partial charge in [-0.3, -0.25) is 0 Å². The normalized spacial score (nSPS) is 11.1. The van der Waals surface area contributed by atoms with Crippen molar-refractivity contribution in [2.24, 2.45) is 0 Å². The lowest BCUT2D eigenvalue weighted by molar-refractivity contribution is 1.25. The van der Waals surface area contributed by atoms with Gasteiger partial charge >= 0.3 is 0 Å². The summed E-state index contributed by atoms with van der Waals surface area (Å²) in [6, 6.07) is 120. The molecule has 0 unspecified atom stereocenters. The van der Waals surface area contributed by atoms with Crippen LogP contribution in [0.2, 0.25) is 0 Å². The molecule has 0 bridgehead atoms. The first-order valence-corrected chi connectivity index (χ1v) is 28.4. The standard InChI is InChI=1S/C78H56N6/c1-7-25-60(26-8-1)81(61-27-9-2-10-28-61)68-49-53-70(54-50-68)83(64-33-15-5-16-34-64)66-45-41-58(42-46-66)76-77(80-78-74(39-22-40-75(78)79-76)73-38-21-24-57-23-19-20-37-72(57)73)59-43-47-67(48-44-59)84(65-35-17-6-18-36-65)71-55-51-69(52-56-71)82(62-29-11-3-12-30-62)63-31-13-4-14-32-63/h1-56H. The number of hydrogen-bond donors (Lipinski definition) is 0. The summed E-state index contributed by atoms with van der Waals surface area (Å²) in [5.41, 5.74) is 20.0. The summed E-state index contributed by atoms with van der Waals surface area (Å²) < 4.78 is 0. The molecule has 84 heavy (non-hydrogen) atoms. The Morgan fingerprint density at radius 1 is 0.190 bits per heavy atom. The molecule has 0 N–H and O–H groups in total. The molecule has 1 heterocycles. The number of para-hydroxylation sites is 7. The van der Waals surface area contributed by atoms with Crippen molar-refractivity contribution < 1.29 is 0 Å². The van der Waals surface area contributed by atoms with Crippen LogP contribution in [-0.2, 0) is 0 Å². The molecule has 0 radical (unpaired) electrons. The SMILES string of the molecule is c1ccc(N(c2ccccc2)c2ccc(N(c3ccccc3)c3ccc(-c4nc5cccc(-c6cccc7ccccc67)c5nc4-c4ccc(N(c5ccccc5)c5ccc(N(c6ccccc6)c6ccccc6)cc5)cc4)cc3)cc2)cc1. The molecular formula is C78H56N6. The lowest BCUT2D eigenvalue weighted by atomic mass is 9.96. The van der Waals surface area contributed by atoms with Crippen molar-refractivity contribution in [1.29, 1.82) is 0 Å². The highest BCUT2D eigenvalue weighted by molar-refractivity contribution is 6.04. The maximum atomic E-state index is 5.70. The minimum atomic E-state index is 0.795. The number of fused-ring (bicyclic) bond motifs is 2. The number of hydrogen-bond acceptors (Lipinski definition) is 6. The average molecular weight is 1080 g/mol. The first kappa shape index (κ1) is 50.9. The van der Waals surface area contributed by atoms with Crippen molar-refractivity contribution in [2.75, 3.05) is 19.6 Å². The summed E-state index contributed by atoms with van der Waals surface area (Å²) in [4.78, 5) is 20.5. The molecule has 0 saturated carbocycles. The zero-order valence-electron chi connectivity index (χ0n) is 46.0. The van der Waals surface area contributed by atoms with Gasteiger partial charge in [0.2, 0.25) is 0 Å². The van der Waals surface area contributed by atoms with E-state index in [-0.39, 0.29) is 0 Å². The van der Waals surface area contributed by atoms with Crippen LogP contribution >= 0.6 is 0 Å². The molecule has 14 rings (SSSR count). The maximum Gasteiger partial charge on any atom is 0.0973 e. The van der Waals surface area contributed by atoms with Gasteiger partial charge in [-0.1, -0.05) is 188 Å². The molecule has 14 aromatic rings. The molecule has 0 spiro atoms. The van der Waals surface area contributed by atoms with Crippen molar-refractivity contribution in [3.8, 4) is 33.6 Å². The Hall–Kier alpha value is -11.3. The van der Waals surface area contributed by atoms with E-state index in [0.29, 0.717) is 0 Å². The first-order valence-electron chi connectivity index (χ1n) is 28.4. The van der Waals surface area contributed by atoms with Crippen LogP contribution in [0.3, 0.4) is 0 Å². The molecule has 0 aliphatic carbocycles. The molecule has 6 heteroatoms. The zero-order chi connectivity index (χ0) is 56.0. The van der Waals surface area contributed by atoms with E-state index in [4.69, 9.17) is 9.97 Å². The summed E-state index contributed by atoms with van der Waals surface area (Å²) >= 11 is 0. The third-order valence-electron chi connectivity index (χ3n) is 15.4. The Balaban J connectivity index is 0.860. The molecule has 0 fully saturated rings. The van der Waals surface area contributed by atoms with Crippen LogP contribution in [0.15, 0.2) is 340 Å². The van der Waals surface area contributed by atoms with Gasteiger partial charge in [-0.2, -0.15) is 0 Å². The van der Waals surface area contributed by atoms with Crippen LogP contribution in [0.4, 0.5) is 68.2 Å². The van der Waals surface area contributed by atoms with Gasteiger partial charge in [-0.25, -0.2) is 9.97 Å². The fourth-order valence-corrected chi connectivity index (χ4v) is 11.4. The monoisotopic (exact) mass is 1080 g/mol. The van der Waals surface area contributed by atoms with E-state index >= 15 is 0 Å². The predicted molar refractivity (Wildman–Crippen MR) is 352 cm³/mol. The number of benzene rings is 13. The van der Waals surface area contributed by atoms with E-state index in [9.17, 15) is 0 Å². The van der Waals surface area contributed by atoms with E-state index in [1.54, 1.807) is 0 Å². The van der Waals surface area contributed by atoms with Crippen LogP contribution in [0.25, 0.3) is 55.4 Å². The van der Waals surface area contributed by atoms with Gasteiger partial charge in [-0.05, 0) is 168 Å². The molecule has 398 valence electrons. The minimum Gasteiger partial charge on any atom is -0.311 e. The van der Waals surface area contributed by atoms with Gasteiger partial charge in [0.1, 0.15) is 0 Å². The molecular weight excluding hydrogens is 1020 g/mol. The Labute approximate surface area is 490 Å². The number of aromatic nitrogens is 2. The van der Waals surface area contributed by atoms with Crippen molar-refractivity contribution >= 4 is 90.1 Å². The van der Waals surface area contributed by atoms with Gasteiger partial charge in [0.05, 0.1) is 22.4 Å². The van der Waals surface area contributed by atoms with Crippen LogP contribution < -0.4 is 19.6 Å². The fourth-order valence-electron chi connectivity index (χ4n) is 11.4. The first-order chi connectivity index (χ1) is 41.7. The summed E-state index contributed by atoms with van der Waals surface area (Å²) in [6.45, 7) is 0. The summed E-state index contributed by atoms with van der Waals surface area (Å²) in [7, 11) is 0. The van der Waals surface area contributed by atoms with Gasteiger partial charge in [0.25, 0.3) is 0 Å². The van der Waals surface area contributed by atoms with E-state index in [0.717, 1.165) is 113 Å². The topological polar surface area (TPSA) is 38.7 Å². The lowest BCUT2D eigenvalue weighted by Gasteiger charge is -2.28.